The number of nitrogens with two attached hydrogens (primary N) is 1. The smallest absolute Gasteiger partial charge is 0.0331 e. The van der Waals surface area contributed by atoms with Gasteiger partial charge in [-0.05, 0) is 62.4 Å². The third-order valence-corrected chi connectivity index (χ3v) is 5.93. The molecule has 0 bridgehead atoms. The highest BCUT2D eigenvalue weighted by atomic mass is 15.2. The van der Waals surface area contributed by atoms with E-state index in [0.717, 1.165) is 6.54 Å². The molecule has 0 aromatic carbocycles. The molecule has 2 aliphatic rings. The Kier molecular flexibility index (Phi) is 4.32. The second-order valence-corrected chi connectivity index (χ2v) is 8.60. The van der Waals surface area contributed by atoms with Gasteiger partial charge in [0.2, 0.25) is 0 Å². The van der Waals surface area contributed by atoms with E-state index in [1.807, 2.05) is 0 Å². The first kappa shape index (κ1) is 15.3. The van der Waals surface area contributed by atoms with Crippen LogP contribution in [-0.4, -0.2) is 30.1 Å². The standard InChI is InChI=1S/C17H34N2/c1-15(2)6-5-7-17(14-18,9-8-15)19-12-10-16(3,4)11-13-19/h5-14,18H2,1-4H3. The number of likely N-dealkylation sites (tertiary alicyclic amines) is 1. The minimum absolute atomic E-state index is 0.310. The van der Waals surface area contributed by atoms with Crippen LogP contribution in [0.3, 0.4) is 0 Å². The molecule has 0 radical (unpaired) electrons. The first-order chi connectivity index (χ1) is 8.79. The van der Waals surface area contributed by atoms with Crippen LogP contribution in [0, 0.1) is 10.8 Å². The Labute approximate surface area is 120 Å². The molecule has 1 saturated heterocycles. The van der Waals surface area contributed by atoms with Crippen LogP contribution < -0.4 is 5.73 Å². The first-order valence-corrected chi connectivity index (χ1v) is 8.24. The maximum atomic E-state index is 6.25. The summed E-state index contributed by atoms with van der Waals surface area (Å²) in [4.78, 5) is 2.75. The lowest BCUT2D eigenvalue weighted by molar-refractivity contribution is 0.0210. The average Bonchev–Trinajstić information content (AvgIpc) is 2.49. The molecule has 1 saturated carbocycles. The van der Waals surface area contributed by atoms with Crippen molar-refractivity contribution in [2.75, 3.05) is 19.6 Å². The maximum Gasteiger partial charge on any atom is 0.0331 e. The molecule has 1 atom stereocenters. The summed E-state index contributed by atoms with van der Waals surface area (Å²) in [6.45, 7) is 13.0. The fourth-order valence-corrected chi connectivity index (χ4v) is 3.95. The Morgan fingerprint density at radius 3 is 1.95 bits per heavy atom. The summed E-state index contributed by atoms with van der Waals surface area (Å²) >= 11 is 0. The van der Waals surface area contributed by atoms with Crippen molar-refractivity contribution in [2.45, 2.75) is 78.2 Å². The predicted octanol–water partition coefficient (Wildman–Crippen LogP) is 3.80. The van der Waals surface area contributed by atoms with Gasteiger partial charge in [0.15, 0.2) is 0 Å². The summed E-state index contributed by atoms with van der Waals surface area (Å²) in [6, 6.07) is 0. The summed E-state index contributed by atoms with van der Waals surface area (Å²) in [5.41, 5.74) is 7.62. The van der Waals surface area contributed by atoms with Gasteiger partial charge in [-0.15, -0.1) is 0 Å². The molecule has 1 unspecified atom stereocenters. The van der Waals surface area contributed by atoms with Crippen LogP contribution in [0.15, 0.2) is 0 Å². The summed E-state index contributed by atoms with van der Waals surface area (Å²) in [7, 11) is 0. The van der Waals surface area contributed by atoms with E-state index in [9.17, 15) is 0 Å². The van der Waals surface area contributed by atoms with Crippen molar-refractivity contribution >= 4 is 0 Å². The largest absolute Gasteiger partial charge is 0.329 e. The molecule has 2 N–H and O–H groups in total. The molecule has 2 heteroatoms. The van der Waals surface area contributed by atoms with E-state index in [1.165, 1.54) is 58.0 Å². The van der Waals surface area contributed by atoms with Gasteiger partial charge in [0.05, 0.1) is 0 Å². The molecule has 112 valence electrons. The lowest BCUT2D eigenvalue weighted by Gasteiger charge is -2.48. The third-order valence-electron chi connectivity index (χ3n) is 5.93. The van der Waals surface area contributed by atoms with E-state index in [2.05, 4.69) is 32.6 Å². The van der Waals surface area contributed by atoms with Crippen LogP contribution in [0.2, 0.25) is 0 Å². The van der Waals surface area contributed by atoms with Gasteiger partial charge in [-0.2, -0.15) is 0 Å². The van der Waals surface area contributed by atoms with Crippen LogP contribution in [0.5, 0.6) is 0 Å². The van der Waals surface area contributed by atoms with E-state index in [4.69, 9.17) is 5.73 Å². The summed E-state index contributed by atoms with van der Waals surface area (Å²) in [5.74, 6) is 0. The number of rotatable bonds is 2. The van der Waals surface area contributed by atoms with Gasteiger partial charge in [0, 0.05) is 12.1 Å². The molecule has 0 spiro atoms. The number of piperidine rings is 1. The number of nitrogens with zero attached hydrogens (tertiary/aromatic N) is 1. The molecule has 19 heavy (non-hydrogen) atoms. The Bertz CT molecular complexity index is 298. The number of hydrogen-bond donors (Lipinski definition) is 1. The SMILES string of the molecule is CC1(C)CCN(C2(CN)CCCC(C)(C)CC2)CC1. The van der Waals surface area contributed by atoms with E-state index >= 15 is 0 Å². The van der Waals surface area contributed by atoms with Gasteiger partial charge in [0.1, 0.15) is 0 Å². The second-order valence-electron chi connectivity index (χ2n) is 8.60. The van der Waals surface area contributed by atoms with Crippen LogP contribution in [0.4, 0.5) is 0 Å². The summed E-state index contributed by atoms with van der Waals surface area (Å²) in [5, 5.41) is 0. The molecular weight excluding hydrogens is 232 g/mol. The van der Waals surface area contributed by atoms with Crippen molar-refractivity contribution in [3.63, 3.8) is 0 Å². The topological polar surface area (TPSA) is 29.3 Å². The van der Waals surface area contributed by atoms with Crippen LogP contribution >= 0.6 is 0 Å². The van der Waals surface area contributed by atoms with Gasteiger partial charge in [-0.25, -0.2) is 0 Å². The fourth-order valence-electron chi connectivity index (χ4n) is 3.95. The lowest BCUT2D eigenvalue weighted by atomic mass is 9.78. The van der Waals surface area contributed by atoms with E-state index in [-0.39, 0.29) is 0 Å². The van der Waals surface area contributed by atoms with Crippen molar-refractivity contribution in [1.29, 1.82) is 0 Å². The van der Waals surface area contributed by atoms with Crippen molar-refractivity contribution < 1.29 is 0 Å². The summed E-state index contributed by atoms with van der Waals surface area (Å²) < 4.78 is 0. The monoisotopic (exact) mass is 266 g/mol. The Hall–Kier alpha value is -0.0800. The maximum absolute atomic E-state index is 6.25. The highest BCUT2D eigenvalue weighted by Crippen LogP contribution is 2.42. The fraction of sp³-hybridized carbons (Fsp3) is 1.00. The molecule has 1 aliphatic heterocycles. The quantitative estimate of drug-likeness (QED) is 0.770. The molecule has 0 aromatic heterocycles. The minimum Gasteiger partial charge on any atom is -0.329 e. The molecule has 1 aliphatic carbocycles. The second kappa shape index (κ2) is 5.37. The normalized spacial score (nSPS) is 35.8. The lowest BCUT2D eigenvalue weighted by Crippen LogP contribution is -2.57. The Morgan fingerprint density at radius 1 is 0.789 bits per heavy atom. The van der Waals surface area contributed by atoms with Gasteiger partial charge >= 0.3 is 0 Å². The zero-order valence-corrected chi connectivity index (χ0v) is 13.6. The van der Waals surface area contributed by atoms with Crippen molar-refractivity contribution in [2.24, 2.45) is 16.6 Å². The molecule has 2 nitrogen and oxygen atoms in total. The Morgan fingerprint density at radius 2 is 1.37 bits per heavy atom. The summed E-state index contributed by atoms with van der Waals surface area (Å²) in [6.07, 6.45) is 9.34. The van der Waals surface area contributed by atoms with E-state index in [1.54, 1.807) is 0 Å². The third kappa shape index (κ3) is 3.52. The van der Waals surface area contributed by atoms with Gasteiger partial charge in [-0.1, -0.05) is 34.1 Å². The Balaban J connectivity index is 2.06. The molecule has 2 rings (SSSR count). The predicted molar refractivity (Wildman–Crippen MR) is 83.2 cm³/mol. The molecule has 2 fully saturated rings. The zero-order chi connectivity index (χ0) is 14.1. The van der Waals surface area contributed by atoms with Crippen LogP contribution in [0.1, 0.15) is 72.6 Å². The highest BCUT2D eigenvalue weighted by molar-refractivity contribution is 4.98. The first-order valence-electron chi connectivity index (χ1n) is 8.24. The molecule has 0 amide bonds. The molecule has 1 heterocycles. The van der Waals surface area contributed by atoms with E-state index < -0.39 is 0 Å². The number of hydrogen-bond acceptors (Lipinski definition) is 2. The van der Waals surface area contributed by atoms with Crippen LogP contribution in [-0.2, 0) is 0 Å². The van der Waals surface area contributed by atoms with E-state index in [0.29, 0.717) is 16.4 Å². The van der Waals surface area contributed by atoms with Gasteiger partial charge in [-0.3, -0.25) is 4.90 Å². The molecule has 0 aromatic rings. The zero-order valence-electron chi connectivity index (χ0n) is 13.6. The molecular formula is C17H34N2. The average molecular weight is 266 g/mol. The van der Waals surface area contributed by atoms with Crippen molar-refractivity contribution in [3.8, 4) is 0 Å². The van der Waals surface area contributed by atoms with Crippen molar-refractivity contribution in [1.82, 2.24) is 4.90 Å². The van der Waals surface area contributed by atoms with Crippen LogP contribution in [0.25, 0.3) is 0 Å². The van der Waals surface area contributed by atoms with Crippen molar-refractivity contribution in [3.05, 3.63) is 0 Å². The van der Waals surface area contributed by atoms with Gasteiger partial charge < -0.3 is 5.73 Å². The minimum atomic E-state index is 0.310. The van der Waals surface area contributed by atoms with Gasteiger partial charge in [0.25, 0.3) is 0 Å². The highest BCUT2D eigenvalue weighted by Gasteiger charge is 2.41.